The van der Waals surface area contributed by atoms with Crippen LogP contribution in [-0.2, 0) is 13.2 Å². The highest BCUT2D eigenvalue weighted by molar-refractivity contribution is 6.31. The average molecular weight is 255 g/mol. The van der Waals surface area contributed by atoms with Crippen molar-refractivity contribution in [1.29, 1.82) is 0 Å². The summed E-state index contributed by atoms with van der Waals surface area (Å²) in [5, 5.41) is 4.45. The molecule has 90 valence electrons. The summed E-state index contributed by atoms with van der Waals surface area (Å²) >= 11 is 5.89. The molecule has 1 heterocycles. The van der Waals surface area contributed by atoms with Gasteiger partial charge in [-0.1, -0.05) is 17.7 Å². The molecule has 0 spiro atoms. The molecule has 0 amide bonds. The van der Waals surface area contributed by atoms with Crippen LogP contribution in [-0.4, -0.2) is 9.78 Å². The minimum Gasteiger partial charge on any atom is -0.486 e. The monoisotopic (exact) mass is 254 g/mol. The summed E-state index contributed by atoms with van der Waals surface area (Å²) in [7, 11) is 0. The standard InChI is InChI=1S/C12H12ClFN2O/c1-2-16-7-11(6-15-16)17-8-9-3-4-10(14)5-12(9)13/h3-7H,2,8H2,1H3. The van der Waals surface area contributed by atoms with Crippen LogP contribution >= 0.6 is 11.6 Å². The second-order valence-electron chi connectivity index (χ2n) is 3.56. The summed E-state index contributed by atoms with van der Waals surface area (Å²) in [6.07, 6.45) is 3.44. The summed E-state index contributed by atoms with van der Waals surface area (Å²) in [5.41, 5.74) is 0.748. The van der Waals surface area contributed by atoms with Gasteiger partial charge in [0.2, 0.25) is 0 Å². The molecule has 1 aromatic heterocycles. The molecule has 0 saturated carbocycles. The van der Waals surface area contributed by atoms with Crippen LogP contribution in [0.5, 0.6) is 5.75 Å². The topological polar surface area (TPSA) is 27.1 Å². The van der Waals surface area contributed by atoms with E-state index in [1.54, 1.807) is 23.1 Å². The Morgan fingerprint density at radius 1 is 1.47 bits per heavy atom. The van der Waals surface area contributed by atoms with E-state index in [0.717, 1.165) is 12.1 Å². The quantitative estimate of drug-likeness (QED) is 0.837. The summed E-state index contributed by atoms with van der Waals surface area (Å²) in [6.45, 7) is 3.09. The molecule has 2 rings (SSSR count). The number of benzene rings is 1. The molecular formula is C12H12ClFN2O. The third-order valence-corrected chi connectivity index (χ3v) is 2.69. The Kier molecular flexibility index (Phi) is 3.64. The van der Waals surface area contributed by atoms with Crippen LogP contribution in [0.25, 0.3) is 0 Å². The molecule has 0 atom stereocenters. The maximum Gasteiger partial charge on any atom is 0.157 e. The normalized spacial score (nSPS) is 10.5. The molecule has 3 nitrogen and oxygen atoms in total. The van der Waals surface area contributed by atoms with E-state index in [-0.39, 0.29) is 5.82 Å². The number of aromatic nitrogens is 2. The zero-order chi connectivity index (χ0) is 12.3. The van der Waals surface area contributed by atoms with Crippen molar-refractivity contribution >= 4 is 11.6 Å². The van der Waals surface area contributed by atoms with Crippen LogP contribution in [0.1, 0.15) is 12.5 Å². The van der Waals surface area contributed by atoms with Gasteiger partial charge in [-0.05, 0) is 19.1 Å². The van der Waals surface area contributed by atoms with Crippen molar-refractivity contribution < 1.29 is 9.13 Å². The van der Waals surface area contributed by atoms with Crippen molar-refractivity contribution in [2.75, 3.05) is 0 Å². The number of nitrogens with zero attached hydrogens (tertiary/aromatic N) is 2. The number of hydrogen-bond acceptors (Lipinski definition) is 2. The fraction of sp³-hybridized carbons (Fsp3) is 0.250. The number of hydrogen-bond donors (Lipinski definition) is 0. The van der Waals surface area contributed by atoms with Crippen LogP contribution in [0.2, 0.25) is 5.02 Å². The van der Waals surface area contributed by atoms with Crippen LogP contribution in [0.15, 0.2) is 30.6 Å². The van der Waals surface area contributed by atoms with E-state index in [4.69, 9.17) is 16.3 Å². The minimum atomic E-state index is -0.349. The average Bonchev–Trinajstić information content (AvgIpc) is 2.76. The lowest BCUT2D eigenvalue weighted by Crippen LogP contribution is -1.96. The molecule has 1 aromatic carbocycles. The molecule has 5 heteroatoms. The third-order valence-electron chi connectivity index (χ3n) is 2.34. The van der Waals surface area contributed by atoms with Gasteiger partial charge in [-0.15, -0.1) is 0 Å². The fourth-order valence-electron chi connectivity index (χ4n) is 1.39. The molecule has 0 bridgehead atoms. The van der Waals surface area contributed by atoms with Crippen molar-refractivity contribution in [1.82, 2.24) is 9.78 Å². The predicted molar refractivity (Wildman–Crippen MR) is 63.6 cm³/mol. The first-order chi connectivity index (χ1) is 8.19. The predicted octanol–water partition coefficient (Wildman–Crippen LogP) is 3.27. The summed E-state index contributed by atoms with van der Waals surface area (Å²) in [4.78, 5) is 0. The third kappa shape index (κ3) is 2.97. The molecule has 0 aliphatic heterocycles. The van der Waals surface area contributed by atoms with Crippen molar-refractivity contribution in [3.63, 3.8) is 0 Å². The van der Waals surface area contributed by atoms with Gasteiger partial charge in [0.1, 0.15) is 12.4 Å². The van der Waals surface area contributed by atoms with Crippen molar-refractivity contribution in [2.24, 2.45) is 0 Å². The first-order valence-corrected chi connectivity index (χ1v) is 5.66. The van der Waals surface area contributed by atoms with Gasteiger partial charge in [0.05, 0.1) is 17.4 Å². The highest BCUT2D eigenvalue weighted by Gasteiger charge is 2.04. The Labute approximate surface area is 104 Å². The number of rotatable bonds is 4. The van der Waals surface area contributed by atoms with Gasteiger partial charge < -0.3 is 4.74 Å². The molecular weight excluding hydrogens is 243 g/mol. The molecule has 0 aliphatic carbocycles. The zero-order valence-electron chi connectivity index (χ0n) is 9.36. The van der Waals surface area contributed by atoms with E-state index < -0.39 is 0 Å². The van der Waals surface area contributed by atoms with E-state index in [1.807, 2.05) is 6.92 Å². The van der Waals surface area contributed by atoms with Gasteiger partial charge in [0.25, 0.3) is 0 Å². The number of halogens is 2. The van der Waals surface area contributed by atoms with Crippen molar-refractivity contribution in [2.45, 2.75) is 20.1 Å². The highest BCUT2D eigenvalue weighted by Crippen LogP contribution is 2.19. The lowest BCUT2D eigenvalue weighted by atomic mass is 10.2. The molecule has 0 saturated heterocycles. The summed E-state index contributed by atoms with van der Waals surface area (Å²) in [5.74, 6) is 0.324. The van der Waals surface area contributed by atoms with E-state index in [0.29, 0.717) is 17.4 Å². The van der Waals surface area contributed by atoms with Crippen LogP contribution in [0.3, 0.4) is 0 Å². The SMILES string of the molecule is CCn1cc(OCc2ccc(F)cc2Cl)cn1. The van der Waals surface area contributed by atoms with E-state index in [2.05, 4.69) is 5.10 Å². The smallest absolute Gasteiger partial charge is 0.157 e. The van der Waals surface area contributed by atoms with Gasteiger partial charge in [-0.25, -0.2) is 4.39 Å². The second kappa shape index (κ2) is 5.19. The number of ether oxygens (including phenoxy) is 1. The van der Waals surface area contributed by atoms with Crippen LogP contribution in [0, 0.1) is 5.82 Å². The molecule has 17 heavy (non-hydrogen) atoms. The molecule has 0 aliphatic rings. The molecule has 2 aromatic rings. The second-order valence-corrected chi connectivity index (χ2v) is 3.96. The van der Waals surface area contributed by atoms with Gasteiger partial charge in [-0.2, -0.15) is 5.10 Å². The Bertz CT molecular complexity index is 513. The molecule has 0 radical (unpaired) electrons. The minimum absolute atomic E-state index is 0.300. The fourth-order valence-corrected chi connectivity index (χ4v) is 1.61. The first-order valence-electron chi connectivity index (χ1n) is 5.28. The Morgan fingerprint density at radius 3 is 2.94 bits per heavy atom. The number of aryl methyl sites for hydroxylation is 1. The first kappa shape index (κ1) is 11.9. The largest absolute Gasteiger partial charge is 0.486 e. The lowest BCUT2D eigenvalue weighted by Gasteiger charge is -2.05. The van der Waals surface area contributed by atoms with Crippen molar-refractivity contribution in [3.8, 4) is 5.75 Å². The van der Waals surface area contributed by atoms with E-state index >= 15 is 0 Å². The summed E-state index contributed by atoms with van der Waals surface area (Å²) in [6, 6.07) is 4.25. The molecule has 0 fully saturated rings. The lowest BCUT2D eigenvalue weighted by molar-refractivity contribution is 0.305. The maximum absolute atomic E-state index is 12.8. The van der Waals surface area contributed by atoms with Crippen LogP contribution < -0.4 is 4.74 Å². The summed E-state index contributed by atoms with van der Waals surface area (Å²) < 4.78 is 20.1. The van der Waals surface area contributed by atoms with E-state index in [9.17, 15) is 4.39 Å². The van der Waals surface area contributed by atoms with Crippen LogP contribution in [0.4, 0.5) is 4.39 Å². The highest BCUT2D eigenvalue weighted by atomic mass is 35.5. The van der Waals surface area contributed by atoms with Gasteiger partial charge in [0, 0.05) is 12.1 Å². The zero-order valence-corrected chi connectivity index (χ0v) is 10.1. The van der Waals surface area contributed by atoms with Gasteiger partial charge in [0.15, 0.2) is 5.75 Å². The van der Waals surface area contributed by atoms with Gasteiger partial charge in [-0.3, -0.25) is 4.68 Å². The molecule has 0 unspecified atom stereocenters. The Hall–Kier alpha value is -1.55. The van der Waals surface area contributed by atoms with E-state index in [1.165, 1.54) is 12.1 Å². The Morgan fingerprint density at radius 2 is 2.29 bits per heavy atom. The van der Waals surface area contributed by atoms with Crippen molar-refractivity contribution in [3.05, 3.63) is 47.0 Å². The van der Waals surface area contributed by atoms with Gasteiger partial charge >= 0.3 is 0 Å². The molecule has 0 N–H and O–H groups in total. The maximum atomic E-state index is 12.8. The Balaban J connectivity index is 2.02.